The number of halogens is 2. The number of ether oxygens (including phenoxy) is 1. The SMILES string of the molecule is COc1c(Cl)cc(Br)c(C)c1C=O. The van der Waals surface area contributed by atoms with Crippen LogP contribution in [0.15, 0.2) is 10.5 Å². The highest BCUT2D eigenvalue weighted by Gasteiger charge is 2.12. The monoisotopic (exact) mass is 262 g/mol. The Morgan fingerprint density at radius 3 is 2.69 bits per heavy atom. The van der Waals surface area contributed by atoms with Gasteiger partial charge in [-0.2, -0.15) is 0 Å². The fourth-order valence-electron chi connectivity index (χ4n) is 1.06. The third-order valence-electron chi connectivity index (χ3n) is 1.80. The summed E-state index contributed by atoms with van der Waals surface area (Å²) >= 11 is 9.17. The zero-order chi connectivity index (χ0) is 10.0. The van der Waals surface area contributed by atoms with Crippen molar-refractivity contribution >= 4 is 33.8 Å². The van der Waals surface area contributed by atoms with E-state index in [0.717, 1.165) is 16.3 Å². The lowest BCUT2D eigenvalue weighted by molar-refractivity contribution is 0.112. The average Bonchev–Trinajstić information content (AvgIpc) is 2.10. The van der Waals surface area contributed by atoms with Crippen LogP contribution in [0.4, 0.5) is 0 Å². The quantitative estimate of drug-likeness (QED) is 0.766. The molecule has 0 saturated carbocycles. The summed E-state index contributed by atoms with van der Waals surface area (Å²) in [7, 11) is 1.49. The molecule has 0 aliphatic heterocycles. The molecule has 0 fully saturated rings. The third-order valence-corrected chi connectivity index (χ3v) is 2.90. The second kappa shape index (κ2) is 4.11. The van der Waals surface area contributed by atoms with Crippen molar-refractivity contribution in [3.05, 3.63) is 26.7 Å². The molecular weight excluding hydrogens is 255 g/mol. The first-order chi connectivity index (χ1) is 6.11. The van der Waals surface area contributed by atoms with E-state index in [4.69, 9.17) is 16.3 Å². The van der Waals surface area contributed by atoms with Crippen molar-refractivity contribution < 1.29 is 9.53 Å². The molecule has 4 heteroatoms. The van der Waals surface area contributed by atoms with E-state index in [-0.39, 0.29) is 0 Å². The molecule has 0 aromatic heterocycles. The number of hydrogen-bond acceptors (Lipinski definition) is 2. The fraction of sp³-hybridized carbons (Fsp3) is 0.222. The molecule has 13 heavy (non-hydrogen) atoms. The summed E-state index contributed by atoms with van der Waals surface area (Å²) in [5.41, 5.74) is 1.32. The lowest BCUT2D eigenvalue weighted by Crippen LogP contribution is -1.95. The van der Waals surface area contributed by atoms with Gasteiger partial charge in [-0.3, -0.25) is 4.79 Å². The number of benzene rings is 1. The molecular formula is C9H8BrClO2. The Labute approximate surface area is 90.0 Å². The number of hydrogen-bond donors (Lipinski definition) is 0. The van der Waals surface area contributed by atoms with Gasteiger partial charge >= 0.3 is 0 Å². The minimum absolute atomic E-state index is 0.428. The maximum Gasteiger partial charge on any atom is 0.154 e. The smallest absolute Gasteiger partial charge is 0.154 e. The molecule has 0 N–H and O–H groups in total. The Hall–Kier alpha value is -0.540. The molecule has 1 aromatic carbocycles. The van der Waals surface area contributed by atoms with E-state index in [2.05, 4.69) is 15.9 Å². The molecule has 0 aliphatic carbocycles. The Balaban J connectivity index is 3.50. The van der Waals surface area contributed by atoms with Gasteiger partial charge in [0.1, 0.15) is 5.75 Å². The molecule has 0 radical (unpaired) electrons. The van der Waals surface area contributed by atoms with E-state index in [9.17, 15) is 4.79 Å². The van der Waals surface area contributed by atoms with Gasteiger partial charge in [0.05, 0.1) is 17.7 Å². The molecule has 0 atom stereocenters. The zero-order valence-electron chi connectivity index (χ0n) is 7.23. The minimum Gasteiger partial charge on any atom is -0.494 e. The van der Waals surface area contributed by atoms with Gasteiger partial charge in [-0.15, -0.1) is 0 Å². The highest BCUT2D eigenvalue weighted by Crippen LogP contribution is 2.34. The van der Waals surface area contributed by atoms with E-state index in [1.807, 2.05) is 6.92 Å². The third kappa shape index (κ3) is 1.86. The summed E-state index contributed by atoms with van der Waals surface area (Å²) in [4.78, 5) is 10.8. The lowest BCUT2D eigenvalue weighted by atomic mass is 10.1. The second-order valence-electron chi connectivity index (χ2n) is 2.53. The first-order valence-corrected chi connectivity index (χ1v) is 4.76. The van der Waals surface area contributed by atoms with Crippen LogP contribution in [0, 0.1) is 6.92 Å². The Kier molecular flexibility index (Phi) is 3.33. The van der Waals surface area contributed by atoms with Gasteiger partial charge in [-0.1, -0.05) is 27.5 Å². The summed E-state index contributed by atoms with van der Waals surface area (Å²) in [6.45, 7) is 1.83. The van der Waals surface area contributed by atoms with Crippen molar-refractivity contribution in [3.8, 4) is 5.75 Å². The average molecular weight is 264 g/mol. The second-order valence-corrected chi connectivity index (χ2v) is 3.79. The van der Waals surface area contributed by atoms with E-state index in [1.165, 1.54) is 7.11 Å². The number of methoxy groups -OCH3 is 1. The largest absolute Gasteiger partial charge is 0.494 e. The summed E-state index contributed by atoms with van der Waals surface area (Å²) < 4.78 is 5.82. The van der Waals surface area contributed by atoms with E-state index < -0.39 is 0 Å². The van der Waals surface area contributed by atoms with Gasteiger partial charge in [0, 0.05) is 4.47 Å². The molecule has 0 heterocycles. The predicted molar refractivity (Wildman–Crippen MR) is 55.8 cm³/mol. The molecule has 0 amide bonds. The van der Waals surface area contributed by atoms with Crippen LogP contribution >= 0.6 is 27.5 Å². The Morgan fingerprint density at radius 1 is 1.62 bits per heavy atom. The molecule has 1 aromatic rings. The van der Waals surface area contributed by atoms with Gasteiger partial charge in [-0.05, 0) is 18.6 Å². The van der Waals surface area contributed by atoms with Crippen molar-refractivity contribution in [2.75, 3.05) is 7.11 Å². The zero-order valence-corrected chi connectivity index (χ0v) is 9.57. The van der Waals surface area contributed by atoms with Crippen LogP contribution in [0.5, 0.6) is 5.75 Å². The van der Waals surface area contributed by atoms with Crippen LogP contribution in [0.1, 0.15) is 15.9 Å². The molecule has 0 unspecified atom stereocenters. The van der Waals surface area contributed by atoms with Crippen LogP contribution < -0.4 is 4.74 Å². The van der Waals surface area contributed by atoms with Gasteiger partial charge in [-0.25, -0.2) is 0 Å². The molecule has 0 saturated heterocycles. The van der Waals surface area contributed by atoms with E-state index >= 15 is 0 Å². The van der Waals surface area contributed by atoms with Crippen molar-refractivity contribution in [3.63, 3.8) is 0 Å². The van der Waals surface area contributed by atoms with Gasteiger partial charge in [0.2, 0.25) is 0 Å². The summed E-state index contributed by atoms with van der Waals surface area (Å²) in [5, 5.41) is 0.432. The number of aldehydes is 1. The standard InChI is InChI=1S/C9H8BrClO2/c1-5-6(4-12)9(13-2)8(11)3-7(5)10/h3-4H,1-2H3. The van der Waals surface area contributed by atoms with Crippen molar-refractivity contribution in [2.24, 2.45) is 0 Å². The Morgan fingerprint density at radius 2 is 2.23 bits per heavy atom. The normalized spacial score (nSPS) is 9.85. The maximum atomic E-state index is 10.8. The van der Waals surface area contributed by atoms with E-state index in [1.54, 1.807) is 6.07 Å². The molecule has 70 valence electrons. The minimum atomic E-state index is 0.428. The van der Waals surface area contributed by atoms with Crippen LogP contribution in [0.2, 0.25) is 5.02 Å². The molecule has 2 nitrogen and oxygen atoms in total. The molecule has 0 aliphatic rings. The van der Waals surface area contributed by atoms with Crippen LogP contribution in [0.25, 0.3) is 0 Å². The Bertz CT molecular complexity index is 350. The fourth-order valence-corrected chi connectivity index (χ4v) is 1.92. The first-order valence-electron chi connectivity index (χ1n) is 3.59. The highest BCUT2D eigenvalue weighted by molar-refractivity contribution is 9.10. The van der Waals surface area contributed by atoms with Crippen LogP contribution in [0.3, 0.4) is 0 Å². The summed E-state index contributed by atoms with van der Waals surface area (Å²) in [5.74, 6) is 0.428. The van der Waals surface area contributed by atoms with Crippen molar-refractivity contribution in [1.29, 1.82) is 0 Å². The van der Waals surface area contributed by atoms with E-state index in [0.29, 0.717) is 16.3 Å². The van der Waals surface area contributed by atoms with Crippen LogP contribution in [-0.2, 0) is 0 Å². The summed E-state index contributed by atoms with van der Waals surface area (Å²) in [6, 6.07) is 1.71. The van der Waals surface area contributed by atoms with Crippen molar-refractivity contribution in [1.82, 2.24) is 0 Å². The van der Waals surface area contributed by atoms with Crippen LogP contribution in [-0.4, -0.2) is 13.4 Å². The van der Waals surface area contributed by atoms with Gasteiger partial charge in [0.15, 0.2) is 6.29 Å². The number of carbonyl (C=O) groups is 1. The number of rotatable bonds is 2. The number of carbonyl (C=O) groups excluding carboxylic acids is 1. The predicted octanol–water partition coefficient (Wildman–Crippen LogP) is 3.23. The molecule has 1 rings (SSSR count). The van der Waals surface area contributed by atoms with Gasteiger partial charge in [0.25, 0.3) is 0 Å². The highest BCUT2D eigenvalue weighted by atomic mass is 79.9. The topological polar surface area (TPSA) is 26.3 Å². The van der Waals surface area contributed by atoms with Gasteiger partial charge < -0.3 is 4.74 Å². The first kappa shape index (κ1) is 10.5. The maximum absolute atomic E-state index is 10.8. The van der Waals surface area contributed by atoms with Crippen molar-refractivity contribution in [2.45, 2.75) is 6.92 Å². The lowest BCUT2D eigenvalue weighted by Gasteiger charge is -2.09. The molecule has 0 spiro atoms. The molecule has 0 bridgehead atoms. The summed E-state index contributed by atoms with van der Waals surface area (Å²) in [6.07, 6.45) is 0.741.